The zero-order valence-electron chi connectivity index (χ0n) is 17.9. The van der Waals surface area contributed by atoms with E-state index >= 15 is 0 Å². The molecule has 0 atom stereocenters. The number of hydrogen-bond donors (Lipinski definition) is 0. The lowest BCUT2D eigenvalue weighted by molar-refractivity contribution is 0.302. The minimum absolute atomic E-state index is 0.0196. The minimum atomic E-state index is -0.614. The molecule has 1 heterocycles. The first-order chi connectivity index (χ1) is 14.3. The molecule has 0 radical (unpaired) electrons. The molecule has 29 heavy (non-hydrogen) atoms. The van der Waals surface area contributed by atoms with Crippen LogP contribution >= 0.6 is 0 Å². The fourth-order valence-corrected chi connectivity index (χ4v) is 3.61. The Morgan fingerprint density at radius 1 is 0.897 bits per heavy atom. The van der Waals surface area contributed by atoms with E-state index in [0.717, 1.165) is 12.8 Å². The van der Waals surface area contributed by atoms with Gasteiger partial charge in [0, 0.05) is 5.39 Å². The van der Waals surface area contributed by atoms with Crippen LogP contribution in [0.15, 0.2) is 33.5 Å². The number of nitrogens with zero attached hydrogens (tertiary/aromatic N) is 1. The molecule has 0 saturated carbocycles. The first-order valence-corrected chi connectivity index (χ1v) is 11.4. The zero-order valence-corrected chi connectivity index (χ0v) is 17.9. The van der Waals surface area contributed by atoms with Crippen molar-refractivity contribution in [1.82, 2.24) is 0 Å². The smallest absolute Gasteiger partial charge is 0.354 e. The highest BCUT2D eigenvalue weighted by Gasteiger charge is 2.09. The van der Waals surface area contributed by atoms with Crippen molar-refractivity contribution in [2.75, 3.05) is 6.61 Å². The molecule has 2 aromatic rings. The van der Waals surface area contributed by atoms with Crippen molar-refractivity contribution < 1.29 is 9.15 Å². The van der Waals surface area contributed by atoms with Crippen molar-refractivity contribution >= 4 is 11.0 Å². The molecular formula is C25H35NO3. The Hall–Kier alpha value is -2.28. The maximum Gasteiger partial charge on any atom is 0.354 e. The third-order valence-electron chi connectivity index (χ3n) is 5.35. The minimum Gasteiger partial charge on any atom is -0.490 e. The van der Waals surface area contributed by atoms with Gasteiger partial charge in [0.25, 0.3) is 0 Å². The van der Waals surface area contributed by atoms with Crippen LogP contribution < -0.4 is 10.4 Å². The van der Waals surface area contributed by atoms with Gasteiger partial charge in [0.15, 0.2) is 11.3 Å². The molecule has 0 amide bonds. The van der Waals surface area contributed by atoms with Crippen LogP contribution in [0.4, 0.5) is 0 Å². The highest BCUT2D eigenvalue weighted by atomic mass is 16.5. The first-order valence-electron chi connectivity index (χ1n) is 11.4. The van der Waals surface area contributed by atoms with Gasteiger partial charge in [0.05, 0.1) is 6.61 Å². The van der Waals surface area contributed by atoms with Gasteiger partial charge in [-0.15, -0.1) is 0 Å². The maximum atomic E-state index is 11.8. The molecule has 4 nitrogen and oxygen atoms in total. The molecule has 4 heteroatoms. The summed E-state index contributed by atoms with van der Waals surface area (Å²) < 4.78 is 11.1. The molecule has 158 valence electrons. The van der Waals surface area contributed by atoms with Crippen LogP contribution in [-0.4, -0.2) is 6.61 Å². The van der Waals surface area contributed by atoms with Crippen molar-refractivity contribution in [3.8, 4) is 11.8 Å². The molecule has 0 N–H and O–H groups in total. The molecule has 0 aliphatic carbocycles. The predicted molar refractivity (Wildman–Crippen MR) is 118 cm³/mol. The molecular weight excluding hydrogens is 362 g/mol. The average Bonchev–Trinajstić information content (AvgIpc) is 2.73. The molecule has 0 spiro atoms. The number of benzene rings is 1. The van der Waals surface area contributed by atoms with Gasteiger partial charge in [0.1, 0.15) is 11.6 Å². The van der Waals surface area contributed by atoms with E-state index in [4.69, 9.17) is 14.4 Å². The van der Waals surface area contributed by atoms with Gasteiger partial charge in [-0.25, -0.2) is 4.79 Å². The van der Waals surface area contributed by atoms with Gasteiger partial charge in [-0.1, -0.05) is 96.1 Å². The molecule has 0 aliphatic heterocycles. The van der Waals surface area contributed by atoms with E-state index in [1.807, 2.05) is 18.2 Å². The van der Waals surface area contributed by atoms with E-state index in [-0.39, 0.29) is 5.56 Å². The second-order valence-corrected chi connectivity index (χ2v) is 7.82. The Labute approximate surface area is 174 Å². The van der Waals surface area contributed by atoms with Gasteiger partial charge in [0.2, 0.25) is 0 Å². The summed E-state index contributed by atoms with van der Waals surface area (Å²) >= 11 is 0. The fourth-order valence-electron chi connectivity index (χ4n) is 3.61. The topological polar surface area (TPSA) is 63.2 Å². The second kappa shape index (κ2) is 13.8. The number of unbranched alkanes of at least 4 members (excludes halogenated alkanes) is 12. The SMILES string of the molecule is CCCCCCCCCCCCCCCOc1cccc2cc(C#N)c(=O)oc12. The summed E-state index contributed by atoms with van der Waals surface area (Å²) in [7, 11) is 0. The highest BCUT2D eigenvalue weighted by Crippen LogP contribution is 2.25. The van der Waals surface area contributed by atoms with Gasteiger partial charge >= 0.3 is 5.63 Å². The molecule has 0 unspecified atom stereocenters. The number of rotatable bonds is 15. The monoisotopic (exact) mass is 397 g/mol. The van der Waals surface area contributed by atoms with Crippen LogP contribution in [0.2, 0.25) is 0 Å². The lowest BCUT2D eigenvalue weighted by atomic mass is 10.0. The number of ether oxygens (including phenoxy) is 1. The van der Waals surface area contributed by atoms with E-state index in [9.17, 15) is 4.79 Å². The van der Waals surface area contributed by atoms with Crippen LogP contribution in [0.5, 0.6) is 5.75 Å². The van der Waals surface area contributed by atoms with Crippen molar-refractivity contribution in [2.24, 2.45) is 0 Å². The van der Waals surface area contributed by atoms with E-state index in [0.29, 0.717) is 23.3 Å². The standard InChI is InChI=1S/C25H35NO3/c1-2-3-4-5-6-7-8-9-10-11-12-13-14-18-28-23-17-15-16-21-19-22(20-26)25(27)29-24(21)23/h15-17,19H,2-14,18H2,1H3. The largest absolute Gasteiger partial charge is 0.490 e. The quantitative estimate of drug-likeness (QED) is 0.237. The van der Waals surface area contributed by atoms with Crippen molar-refractivity contribution in [1.29, 1.82) is 5.26 Å². The summed E-state index contributed by atoms with van der Waals surface area (Å²) in [4.78, 5) is 11.8. The van der Waals surface area contributed by atoms with E-state index in [1.54, 1.807) is 12.1 Å². The van der Waals surface area contributed by atoms with E-state index in [1.165, 1.54) is 70.6 Å². The van der Waals surface area contributed by atoms with Crippen LogP contribution in [0.3, 0.4) is 0 Å². The van der Waals surface area contributed by atoms with Crippen LogP contribution in [0.25, 0.3) is 11.0 Å². The van der Waals surface area contributed by atoms with E-state index in [2.05, 4.69) is 6.92 Å². The van der Waals surface area contributed by atoms with E-state index < -0.39 is 5.63 Å². The summed E-state index contributed by atoms with van der Waals surface area (Å²) in [6, 6.07) is 8.88. The Bertz CT molecular complexity index is 819. The average molecular weight is 398 g/mol. The second-order valence-electron chi connectivity index (χ2n) is 7.82. The molecule has 0 fully saturated rings. The van der Waals surface area contributed by atoms with Crippen LogP contribution in [0, 0.1) is 11.3 Å². The Kier molecular flexibility index (Phi) is 11.0. The molecule has 1 aromatic carbocycles. The summed E-state index contributed by atoms with van der Waals surface area (Å²) in [5.74, 6) is 0.572. The Morgan fingerprint density at radius 2 is 1.48 bits per heavy atom. The normalized spacial score (nSPS) is 10.9. The number of para-hydroxylation sites is 1. The number of nitriles is 1. The number of fused-ring (bicyclic) bond motifs is 1. The summed E-state index contributed by atoms with van der Waals surface area (Å²) in [6.07, 6.45) is 17.1. The van der Waals surface area contributed by atoms with Crippen LogP contribution in [-0.2, 0) is 0 Å². The third kappa shape index (κ3) is 8.31. The number of hydrogen-bond acceptors (Lipinski definition) is 4. The van der Waals surface area contributed by atoms with Crippen molar-refractivity contribution in [3.63, 3.8) is 0 Å². The Balaban J connectivity index is 1.56. The van der Waals surface area contributed by atoms with Crippen molar-refractivity contribution in [3.05, 3.63) is 40.2 Å². The lowest BCUT2D eigenvalue weighted by Gasteiger charge is -2.08. The van der Waals surface area contributed by atoms with Gasteiger partial charge in [-0.05, 0) is 18.6 Å². The molecule has 0 bridgehead atoms. The summed E-state index contributed by atoms with van der Waals surface area (Å²) in [6.45, 7) is 2.88. The van der Waals surface area contributed by atoms with Gasteiger partial charge in [-0.3, -0.25) is 0 Å². The Morgan fingerprint density at radius 3 is 2.07 bits per heavy atom. The van der Waals surface area contributed by atoms with Gasteiger partial charge in [-0.2, -0.15) is 5.26 Å². The molecule has 0 aliphatic rings. The van der Waals surface area contributed by atoms with Crippen molar-refractivity contribution in [2.45, 2.75) is 90.4 Å². The lowest BCUT2D eigenvalue weighted by Crippen LogP contribution is -2.04. The fraction of sp³-hybridized carbons (Fsp3) is 0.600. The van der Waals surface area contributed by atoms with Crippen LogP contribution in [0.1, 0.15) is 96.0 Å². The summed E-state index contributed by atoms with van der Waals surface area (Å²) in [5, 5.41) is 9.66. The third-order valence-corrected chi connectivity index (χ3v) is 5.35. The zero-order chi connectivity index (χ0) is 20.7. The van der Waals surface area contributed by atoms with Gasteiger partial charge < -0.3 is 9.15 Å². The molecule has 2 rings (SSSR count). The molecule has 1 aromatic heterocycles. The molecule has 0 saturated heterocycles. The first kappa shape index (κ1) is 23.0. The highest BCUT2D eigenvalue weighted by molar-refractivity contribution is 5.83. The maximum absolute atomic E-state index is 11.8. The summed E-state index contributed by atoms with van der Waals surface area (Å²) in [5.41, 5.74) is -0.172. The predicted octanol–water partition coefficient (Wildman–Crippen LogP) is 7.13.